The van der Waals surface area contributed by atoms with Crippen molar-refractivity contribution in [2.45, 2.75) is 13.0 Å². The summed E-state index contributed by atoms with van der Waals surface area (Å²) in [6.45, 7) is 2.02. The van der Waals surface area contributed by atoms with Crippen LogP contribution in [0.1, 0.15) is 21.4 Å². The van der Waals surface area contributed by atoms with Gasteiger partial charge in [-0.15, -0.1) is 11.3 Å². The summed E-state index contributed by atoms with van der Waals surface area (Å²) in [7, 11) is 0. The van der Waals surface area contributed by atoms with E-state index >= 15 is 0 Å². The molecule has 4 heteroatoms. The normalized spacial score (nSPS) is 12.8. The summed E-state index contributed by atoms with van der Waals surface area (Å²) in [5.74, 6) is -0.428. The molecule has 1 atom stereocenters. The van der Waals surface area contributed by atoms with Gasteiger partial charge >= 0.3 is 0 Å². The third-order valence-electron chi connectivity index (χ3n) is 2.37. The summed E-state index contributed by atoms with van der Waals surface area (Å²) < 4.78 is 13.3. The Morgan fingerprint density at radius 3 is 2.62 bits per heavy atom. The predicted molar refractivity (Wildman–Crippen MR) is 66.5 cm³/mol. The van der Waals surface area contributed by atoms with Crippen molar-refractivity contribution >= 4 is 22.9 Å². The lowest BCUT2D eigenvalue weighted by Gasteiger charge is -2.10. The number of thiophene rings is 1. The lowest BCUT2D eigenvalue weighted by atomic mass is 10.1. The summed E-state index contributed by atoms with van der Waals surface area (Å²) in [6.07, 6.45) is 0. The van der Waals surface area contributed by atoms with Gasteiger partial charge in [-0.25, -0.2) is 4.39 Å². The largest absolute Gasteiger partial charge is 0.320 e. The maximum atomic E-state index is 13.3. The topological polar surface area (TPSA) is 26.0 Å². The number of rotatable bonds is 2. The average molecular weight is 256 g/mol. The molecule has 0 bridgehead atoms. The second-order valence-electron chi connectivity index (χ2n) is 3.60. The van der Waals surface area contributed by atoms with E-state index in [1.165, 1.54) is 17.0 Å². The molecule has 2 rings (SSSR count). The zero-order chi connectivity index (χ0) is 11.7. The van der Waals surface area contributed by atoms with Gasteiger partial charge < -0.3 is 5.73 Å². The van der Waals surface area contributed by atoms with Crippen LogP contribution in [0.3, 0.4) is 0 Å². The highest BCUT2D eigenvalue weighted by atomic mass is 35.5. The van der Waals surface area contributed by atoms with Crippen molar-refractivity contribution in [1.29, 1.82) is 0 Å². The van der Waals surface area contributed by atoms with E-state index in [4.69, 9.17) is 17.3 Å². The van der Waals surface area contributed by atoms with Gasteiger partial charge in [0.15, 0.2) is 0 Å². The molecule has 1 unspecified atom stereocenters. The molecule has 84 valence electrons. The Labute approximate surface area is 103 Å². The maximum Gasteiger partial charge on any atom is 0.142 e. The molecule has 0 aliphatic rings. The number of nitrogens with two attached hydrogens (primary N) is 1. The van der Waals surface area contributed by atoms with E-state index in [-0.39, 0.29) is 11.1 Å². The molecule has 0 aliphatic carbocycles. The van der Waals surface area contributed by atoms with E-state index in [1.54, 1.807) is 17.4 Å². The van der Waals surface area contributed by atoms with Crippen molar-refractivity contribution in [3.8, 4) is 0 Å². The number of hydrogen-bond donors (Lipinski definition) is 1. The lowest BCUT2D eigenvalue weighted by Crippen LogP contribution is -2.10. The Balaban J connectivity index is 2.33. The van der Waals surface area contributed by atoms with Gasteiger partial charge in [-0.05, 0) is 36.8 Å². The van der Waals surface area contributed by atoms with Crippen LogP contribution in [-0.4, -0.2) is 0 Å². The fourth-order valence-corrected chi connectivity index (χ4v) is 2.52. The first-order valence-corrected chi connectivity index (χ1v) is 6.04. The van der Waals surface area contributed by atoms with Crippen LogP contribution >= 0.6 is 22.9 Å². The van der Waals surface area contributed by atoms with Crippen LogP contribution in [0, 0.1) is 12.7 Å². The quantitative estimate of drug-likeness (QED) is 0.866. The first-order chi connectivity index (χ1) is 7.58. The minimum absolute atomic E-state index is 0.123. The van der Waals surface area contributed by atoms with Crippen LogP contribution in [0.2, 0.25) is 5.02 Å². The zero-order valence-electron chi connectivity index (χ0n) is 8.71. The van der Waals surface area contributed by atoms with Crippen molar-refractivity contribution in [3.05, 3.63) is 56.5 Å². The predicted octanol–water partition coefficient (Wildman–Crippen LogP) is 3.90. The van der Waals surface area contributed by atoms with Crippen LogP contribution in [0.4, 0.5) is 4.39 Å². The first-order valence-electron chi connectivity index (χ1n) is 4.85. The Bertz CT molecular complexity index is 509. The molecular weight excluding hydrogens is 245 g/mol. The van der Waals surface area contributed by atoms with Gasteiger partial charge in [0.05, 0.1) is 11.1 Å². The zero-order valence-corrected chi connectivity index (χ0v) is 10.3. The highest BCUT2D eigenvalue weighted by Gasteiger charge is 2.12. The van der Waals surface area contributed by atoms with E-state index in [9.17, 15) is 4.39 Å². The van der Waals surface area contributed by atoms with Crippen molar-refractivity contribution < 1.29 is 4.39 Å². The smallest absolute Gasteiger partial charge is 0.142 e. The van der Waals surface area contributed by atoms with Gasteiger partial charge in [0.25, 0.3) is 0 Å². The summed E-state index contributed by atoms with van der Waals surface area (Å²) in [4.78, 5) is 2.22. The third-order valence-corrected chi connectivity index (χ3v) is 3.76. The fourth-order valence-electron chi connectivity index (χ4n) is 1.49. The molecule has 1 aromatic heterocycles. The van der Waals surface area contributed by atoms with Crippen molar-refractivity contribution in [2.24, 2.45) is 5.73 Å². The van der Waals surface area contributed by atoms with Crippen LogP contribution < -0.4 is 5.73 Å². The Morgan fingerprint density at radius 1 is 1.31 bits per heavy atom. The fraction of sp³-hybridized carbons (Fsp3) is 0.167. The second-order valence-corrected chi connectivity index (χ2v) is 5.33. The molecule has 2 N–H and O–H groups in total. The van der Waals surface area contributed by atoms with Gasteiger partial charge in [0, 0.05) is 9.75 Å². The molecule has 0 aliphatic heterocycles. The van der Waals surface area contributed by atoms with Gasteiger partial charge in [-0.2, -0.15) is 0 Å². The van der Waals surface area contributed by atoms with Crippen molar-refractivity contribution in [3.63, 3.8) is 0 Å². The van der Waals surface area contributed by atoms with Gasteiger partial charge in [-0.1, -0.05) is 17.7 Å². The number of hydrogen-bond acceptors (Lipinski definition) is 2. The van der Waals surface area contributed by atoms with Crippen LogP contribution in [0.15, 0.2) is 30.3 Å². The standard InChI is InChI=1S/C12H11ClFNS/c1-7-2-5-11(16-7)12(15)8-3-4-9(13)10(14)6-8/h2-6,12H,15H2,1H3. The lowest BCUT2D eigenvalue weighted by molar-refractivity contribution is 0.624. The van der Waals surface area contributed by atoms with Crippen LogP contribution in [-0.2, 0) is 0 Å². The Morgan fingerprint density at radius 2 is 2.06 bits per heavy atom. The maximum absolute atomic E-state index is 13.3. The summed E-state index contributed by atoms with van der Waals surface area (Å²) in [5, 5.41) is 0.123. The molecule has 0 amide bonds. The minimum Gasteiger partial charge on any atom is -0.320 e. The summed E-state index contributed by atoms with van der Waals surface area (Å²) in [5.41, 5.74) is 6.79. The molecule has 1 heterocycles. The molecule has 0 spiro atoms. The van der Waals surface area contributed by atoms with Gasteiger partial charge in [0.1, 0.15) is 5.82 Å². The Kier molecular flexibility index (Phi) is 3.28. The molecule has 2 aromatic rings. The van der Waals surface area contributed by atoms with Crippen molar-refractivity contribution in [1.82, 2.24) is 0 Å². The second kappa shape index (κ2) is 4.53. The number of benzene rings is 1. The summed E-state index contributed by atoms with van der Waals surface area (Å²) in [6, 6.07) is 8.37. The molecule has 16 heavy (non-hydrogen) atoms. The molecule has 0 radical (unpaired) electrons. The minimum atomic E-state index is -0.428. The molecule has 1 aromatic carbocycles. The molecule has 0 saturated carbocycles. The van der Waals surface area contributed by atoms with E-state index in [0.717, 1.165) is 10.4 Å². The molecule has 0 saturated heterocycles. The SMILES string of the molecule is Cc1ccc(C(N)c2ccc(Cl)c(F)c2)s1. The highest BCUT2D eigenvalue weighted by molar-refractivity contribution is 7.12. The highest BCUT2D eigenvalue weighted by Crippen LogP contribution is 2.28. The molecular formula is C12H11ClFNS. The third kappa shape index (κ3) is 2.26. The summed E-state index contributed by atoms with van der Waals surface area (Å²) >= 11 is 7.24. The van der Waals surface area contributed by atoms with E-state index in [0.29, 0.717) is 0 Å². The molecule has 0 fully saturated rings. The average Bonchev–Trinajstić information content (AvgIpc) is 2.68. The number of aryl methyl sites for hydroxylation is 1. The molecule has 1 nitrogen and oxygen atoms in total. The van der Waals surface area contributed by atoms with E-state index < -0.39 is 5.82 Å². The first kappa shape index (κ1) is 11.6. The van der Waals surface area contributed by atoms with Crippen LogP contribution in [0.5, 0.6) is 0 Å². The van der Waals surface area contributed by atoms with Crippen molar-refractivity contribution in [2.75, 3.05) is 0 Å². The van der Waals surface area contributed by atoms with E-state index in [2.05, 4.69) is 0 Å². The number of halogens is 2. The van der Waals surface area contributed by atoms with E-state index in [1.807, 2.05) is 19.1 Å². The van der Waals surface area contributed by atoms with Crippen LogP contribution in [0.25, 0.3) is 0 Å². The van der Waals surface area contributed by atoms with Gasteiger partial charge in [-0.3, -0.25) is 0 Å². The monoisotopic (exact) mass is 255 g/mol. The Hall–Kier alpha value is -0.900. The van der Waals surface area contributed by atoms with Gasteiger partial charge in [0.2, 0.25) is 0 Å².